The molecule has 2 N–H and O–H groups in total. The first-order valence-corrected chi connectivity index (χ1v) is 4.13. The molecular formula is C6H4F2N3O2S. The molecule has 0 atom stereocenters. The summed E-state index contributed by atoms with van der Waals surface area (Å²) in [6.07, 6.45) is 1.32. The van der Waals surface area contributed by atoms with Crippen LogP contribution in [0.3, 0.4) is 0 Å². The number of rotatable bonds is 4. The molecule has 1 aromatic rings. The first-order chi connectivity index (χ1) is 6.63. The predicted octanol–water partition coefficient (Wildman–Crippen LogP) is 0.778. The van der Waals surface area contributed by atoms with E-state index < -0.39 is 12.3 Å². The van der Waals surface area contributed by atoms with Crippen molar-refractivity contribution in [2.24, 2.45) is 5.16 Å². The zero-order chi connectivity index (χ0) is 10.6. The lowest BCUT2D eigenvalue weighted by molar-refractivity contribution is -0.127. The van der Waals surface area contributed by atoms with Gasteiger partial charge >= 0.3 is 6.61 Å². The molecule has 0 aliphatic heterocycles. The van der Waals surface area contributed by atoms with Crippen LogP contribution >= 0.6 is 11.3 Å². The molecule has 75 valence electrons. The van der Waals surface area contributed by atoms with Crippen molar-refractivity contribution in [2.75, 3.05) is 5.73 Å². The monoisotopic (exact) mass is 220 g/mol. The summed E-state index contributed by atoms with van der Waals surface area (Å²) in [4.78, 5) is 17.5. The molecule has 1 rings (SSSR count). The zero-order valence-corrected chi connectivity index (χ0v) is 7.42. The van der Waals surface area contributed by atoms with Gasteiger partial charge in [0.2, 0.25) is 0 Å². The molecule has 0 fully saturated rings. The molecule has 0 aliphatic carbocycles. The predicted molar refractivity (Wildman–Crippen MR) is 45.8 cm³/mol. The van der Waals surface area contributed by atoms with Crippen LogP contribution in [0.25, 0.3) is 0 Å². The maximum Gasteiger partial charge on any atom is 0.407 e. The van der Waals surface area contributed by atoms with E-state index in [9.17, 15) is 13.6 Å². The van der Waals surface area contributed by atoms with Gasteiger partial charge in [-0.1, -0.05) is 5.16 Å². The first-order valence-electron chi connectivity index (χ1n) is 3.25. The Hall–Kier alpha value is -1.57. The lowest BCUT2D eigenvalue weighted by Gasteiger charge is -1.95. The Balaban J connectivity index is 2.81. The van der Waals surface area contributed by atoms with E-state index in [2.05, 4.69) is 15.0 Å². The number of hydrogen-bond donors (Lipinski definition) is 1. The van der Waals surface area contributed by atoms with Gasteiger partial charge in [-0.05, 0) is 0 Å². The molecule has 1 radical (unpaired) electrons. The number of nitrogens with zero attached hydrogens (tertiary/aromatic N) is 2. The fourth-order valence-electron chi connectivity index (χ4n) is 0.607. The molecule has 1 aromatic heterocycles. The second-order valence-corrected chi connectivity index (χ2v) is 2.87. The van der Waals surface area contributed by atoms with Gasteiger partial charge in [-0.15, -0.1) is 11.3 Å². The van der Waals surface area contributed by atoms with E-state index in [1.165, 1.54) is 11.7 Å². The Morgan fingerprint density at radius 3 is 2.93 bits per heavy atom. The Morgan fingerprint density at radius 1 is 1.79 bits per heavy atom. The summed E-state index contributed by atoms with van der Waals surface area (Å²) >= 11 is 1.05. The highest BCUT2D eigenvalue weighted by Crippen LogP contribution is 2.11. The van der Waals surface area contributed by atoms with Gasteiger partial charge in [-0.3, -0.25) is 4.79 Å². The largest absolute Gasteiger partial charge is 0.407 e. The third-order valence-corrected chi connectivity index (χ3v) is 1.76. The summed E-state index contributed by atoms with van der Waals surface area (Å²) in [5.41, 5.74) is 4.87. The fourth-order valence-corrected chi connectivity index (χ4v) is 1.15. The summed E-state index contributed by atoms with van der Waals surface area (Å²) < 4.78 is 23.1. The summed E-state index contributed by atoms with van der Waals surface area (Å²) in [5, 5.41) is 4.43. The molecule has 0 saturated heterocycles. The molecule has 5 nitrogen and oxygen atoms in total. The molecule has 0 aromatic carbocycles. The summed E-state index contributed by atoms with van der Waals surface area (Å²) in [5.74, 6) is 0. The number of nitrogens with two attached hydrogens (primary N) is 1. The number of aromatic nitrogens is 1. The number of oxime groups is 1. The molecule has 0 saturated carbocycles. The molecule has 0 aliphatic rings. The standard InChI is InChI=1S/C6H4F2N3O2S/c7-5(8)13-11-3(1-12)4-2-14-6(9)10-4/h2,5H,(H2,9,10). The van der Waals surface area contributed by atoms with Crippen LogP contribution in [0.2, 0.25) is 0 Å². The van der Waals surface area contributed by atoms with Crippen LogP contribution in [0, 0.1) is 0 Å². The van der Waals surface area contributed by atoms with Gasteiger partial charge in [0, 0.05) is 5.38 Å². The molecule has 0 unspecified atom stereocenters. The minimum Gasteiger partial charge on any atom is -0.375 e. The lowest BCUT2D eigenvalue weighted by Crippen LogP contribution is -2.05. The van der Waals surface area contributed by atoms with E-state index in [1.807, 2.05) is 0 Å². The van der Waals surface area contributed by atoms with Crippen molar-refractivity contribution in [1.82, 2.24) is 4.98 Å². The van der Waals surface area contributed by atoms with E-state index in [1.54, 1.807) is 0 Å². The summed E-state index contributed by atoms with van der Waals surface area (Å²) in [6, 6.07) is 0. The van der Waals surface area contributed by atoms with Crippen LogP contribution in [-0.2, 0) is 9.63 Å². The van der Waals surface area contributed by atoms with Crippen LogP contribution < -0.4 is 5.73 Å². The van der Waals surface area contributed by atoms with E-state index >= 15 is 0 Å². The minimum atomic E-state index is -3.09. The van der Waals surface area contributed by atoms with Gasteiger partial charge in [-0.2, -0.15) is 8.78 Å². The number of alkyl halides is 2. The van der Waals surface area contributed by atoms with E-state index in [4.69, 9.17) is 5.73 Å². The van der Waals surface area contributed by atoms with Crippen molar-refractivity contribution in [2.45, 2.75) is 6.61 Å². The molecular weight excluding hydrogens is 216 g/mol. The molecule has 8 heteroatoms. The number of hydrogen-bond acceptors (Lipinski definition) is 6. The average molecular weight is 220 g/mol. The minimum absolute atomic E-state index is 0.0585. The van der Waals surface area contributed by atoms with E-state index in [0.717, 1.165) is 11.3 Å². The van der Waals surface area contributed by atoms with Gasteiger partial charge in [0.05, 0.1) is 0 Å². The molecule has 0 bridgehead atoms. The van der Waals surface area contributed by atoms with Crippen molar-refractivity contribution >= 4 is 28.5 Å². The van der Waals surface area contributed by atoms with Gasteiger partial charge < -0.3 is 10.6 Å². The van der Waals surface area contributed by atoms with Crippen LogP contribution in [0.1, 0.15) is 5.69 Å². The highest BCUT2D eigenvalue weighted by atomic mass is 32.1. The normalized spacial score (nSPS) is 11.8. The lowest BCUT2D eigenvalue weighted by atomic mass is 10.3. The number of anilines is 1. The average Bonchev–Trinajstić information content (AvgIpc) is 2.53. The maximum atomic E-state index is 11.6. The number of halogens is 2. The molecule has 14 heavy (non-hydrogen) atoms. The Labute approximate surface area is 81.2 Å². The first kappa shape index (κ1) is 10.5. The van der Waals surface area contributed by atoms with Crippen LogP contribution in [0.5, 0.6) is 0 Å². The SMILES string of the molecule is Nc1nc(C([C]=O)=NOC(F)F)cs1. The van der Waals surface area contributed by atoms with Gasteiger partial charge in [0.15, 0.2) is 10.8 Å². The number of carbonyl (C=O) groups excluding carboxylic acids is 1. The Kier molecular flexibility index (Phi) is 3.46. The quantitative estimate of drug-likeness (QED) is 0.600. The molecule has 0 spiro atoms. The molecule has 1 heterocycles. The van der Waals surface area contributed by atoms with Gasteiger partial charge in [0.1, 0.15) is 5.69 Å². The Morgan fingerprint density at radius 2 is 2.50 bits per heavy atom. The van der Waals surface area contributed by atoms with E-state index in [-0.39, 0.29) is 10.8 Å². The third-order valence-electron chi connectivity index (χ3n) is 1.08. The number of thiazole rings is 1. The second kappa shape index (κ2) is 4.61. The van der Waals surface area contributed by atoms with Crippen LogP contribution in [-0.4, -0.2) is 23.6 Å². The van der Waals surface area contributed by atoms with Crippen molar-refractivity contribution < 1.29 is 18.4 Å². The summed E-state index contributed by atoms with van der Waals surface area (Å²) in [6.45, 7) is -3.09. The van der Waals surface area contributed by atoms with Crippen molar-refractivity contribution in [1.29, 1.82) is 0 Å². The van der Waals surface area contributed by atoms with Crippen molar-refractivity contribution in [3.63, 3.8) is 0 Å². The molecule has 0 amide bonds. The summed E-state index contributed by atoms with van der Waals surface area (Å²) in [7, 11) is 0. The highest BCUT2D eigenvalue weighted by molar-refractivity contribution is 7.13. The smallest absolute Gasteiger partial charge is 0.375 e. The van der Waals surface area contributed by atoms with Crippen molar-refractivity contribution in [3.05, 3.63) is 11.1 Å². The van der Waals surface area contributed by atoms with E-state index in [0.29, 0.717) is 0 Å². The van der Waals surface area contributed by atoms with Crippen LogP contribution in [0.4, 0.5) is 13.9 Å². The number of nitrogen functional groups attached to an aromatic ring is 1. The highest BCUT2D eigenvalue weighted by Gasteiger charge is 2.10. The topological polar surface area (TPSA) is 77.6 Å². The maximum absolute atomic E-state index is 11.6. The fraction of sp³-hybridized carbons (Fsp3) is 0.167. The Bertz CT molecular complexity index is 353. The van der Waals surface area contributed by atoms with Gasteiger partial charge in [0.25, 0.3) is 6.29 Å². The van der Waals surface area contributed by atoms with Gasteiger partial charge in [-0.25, -0.2) is 4.98 Å². The zero-order valence-electron chi connectivity index (χ0n) is 6.61. The van der Waals surface area contributed by atoms with Crippen LogP contribution in [0.15, 0.2) is 10.5 Å². The van der Waals surface area contributed by atoms with Crippen molar-refractivity contribution in [3.8, 4) is 0 Å². The third kappa shape index (κ3) is 2.73. The second-order valence-electron chi connectivity index (χ2n) is 1.98.